The van der Waals surface area contributed by atoms with E-state index in [4.69, 9.17) is 18.6 Å². The molecule has 1 unspecified atom stereocenters. The van der Waals surface area contributed by atoms with Crippen LogP contribution in [0.1, 0.15) is 30.0 Å². The number of rotatable bonds is 8. The summed E-state index contributed by atoms with van der Waals surface area (Å²) >= 11 is 0. The lowest BCUT2D eigenvalue weighted by Crippen LogP contribution is -2.23. The molecule has 128 valence electrons. The molecule has 0 spiro atoms. The highest BCUT2D eigenvalue weighted by Gasteiger charge is 2.23. The van der Waals surface area contributed by atoms with Gasteiger partial charge in [0, 0.05) is 5.39 Å². The fourth-order valence-corrected chi connectivity index (χ4v) is 2.14. The van der Waals surface area contributed by atoms with Gasteiger partial charge in [0.2, 0.25) is 5.76 Å². The maximum atomic E-state index is 12.1. The number of fused-ring (bicyclic) bond motifs is 1. The molecule has 24 heavy (non-hydrogen) atoms. The molecule has 1 atom stereocenters. The van der Waals surface area contributed by atoms with Crippen LogP contribution in [0.4, 0.5) is 0 Å². The lowest BCUT2D eigenvalue weighted by Gasteiger charge is -2.11. The molecule has 1 aromatic carbocycles. The third kappa shape index (κ3) is 4.02. The van der Waals surface area contributed by atoms with Crippen LogP contribution in [0.3, 0.4) is 0 Å². The van der Waals surface area contributed by atoms with Crippen molar-refractivity contribution in [3.63, 3.8) is 0 Å². The second-order valence-corrected chi connectivity index (χ2v) is 5.00. The average molecular weight is 332 g/mol. The predicted molar refractivity (Wildman–Crippen MR) is 87.6 cm³/mol. The molecule has 0 aliphatic carbocycles. The first kappa shape index (κ1) is 17.7. The Morgan fingerprint density at radius 1 is 1.29 bits per heavy atom. The first-order valence-electron chi connectivity index (χ1n) is 7.65. The Morgan fingerprint density at radius 3 is 2.75 bits per heavy atom. The quantitative estimate of drug-likeness (QED) is 0.546. The molecule has 0 saturated heterocycles. The lowest BCUT2D eigenvalue weighted by atomic mass is 10.1. The highest BCUT2D eigenvalue weighted by molar-refractivity contribution is 5.96. The van der Waals surface area contributed by atoms with Crippen LogP contribution >= 0.6 is 0 Å². The molecular formula is C18H20O6. The molecule has 0 saturated carbocycles. The summed E-state index contributed by atoms with van der Waals surface area (Å²) in [5, 5.41) is 0.702. The lowest BCUT2D eigenvalue weighted by molar-refractivity contribution is -0.156. The van der Waals surface area contributed by atoms with Gasteiger partial charge in [-0.3, -0.25) is 0 Å². The van der Waals surface area contributed by atoms with E-state index in [2.05, 4.69) is 6.58 Å². The Balaban J connectivity index is 2.20. The van der Waals surface area contributed by atoms with Gasteiger partial charge in [-0.05, 0) is 19.9 Å². The number of para-hydroxylation sites is 1. The van der Waals surface area contributed by atoms with Crippen LogP contribution in [0.2, 0.25) is 0 Å². The first-order valence-corrected chi connectivity index (χ1v) is 7.65. The molecule has 2 rings (SSSR count). The maximum absolute atomic E-state index is 12.1. The van der Waals surface area contributed by atoms with E-state index < -0.39 is 18.0 Å². The minimum atomic E-state index is -0.729. The zero-order valence-corrected chi connectivity index (χ0v) is 13.7. The van der Waals surface area contributed by atoms with Gasteiger partial charge in [-0.25, -0.2) is 9.59 Å². The van der Waals surface area contributed by atoms with Crippen LogP contribution < -0.4 is 0 Å². The van der Waals surface area contributed by atoms with E-state index in [9.17, 15) is 9.59 Å². The Morgan fingerprint density at radius 2 is 2.04 bits per heavy atom. The van der Waals surface area contributed by atoms with E-state index in [0.717, 1.165) is 0 Å². The largest absolute Gasteiger partial charge is 0.460 e. The van der Waals surface area contributed by atoms with Crippen molar-refractivity contribution in [1.82, 2.24) is 0 Å². The number of benzene rings is 1. The number of hydrogen-bond donors (Lipinski definition) is 0. The zero-order chi connectivity index (χ0) is 17.5. The van der Waals surface area contributed by atoms with Crippen LogP contribution in [-0.4, -0.2) is 31.3 Å². The van der Waals surface area contributed by atoms with Gasteiger partial charge in [-0.2, -0.15) is 0 Å². The number of ether oxygens (including phenoxy) is 3. The molecule has 0 aliphatic rings. The maximum Gasteiger partial charge on any atom is 0.374 e. The summed E-state index contributed by atoms with van der Waals surface area (Å²) in [7, 11) is 0. The summed E-state index contributed by atoms with van der Waals surface area (Å²) < 4.78 is 21.0. The monoisotopic (exact) mass is 332 g/mol. The highest BCUT2D eigenvalue weighted by Crippen LogP contribution is 2.27. The minimum absolute atomic E-state index is 0.0468. The second-order valence-electron chi connectivity index (χ2n) is 5.00. The number of hydrogen-bond acceptors (Lipinski definition) is 6. The molecule has 2 aromatic rings. The molecular weight excluding hydrogens is 312 g/mol. The highest BCUT2D eigenvalue weighted by atomic mass is 16.6. The van der Waals surface area contributed by atoms with Gasteiger partial charge >= 0.3 is 11.9 Å². The molecule has 1 heterocycles. The molecule has 0 aliphatic heterocycles. The van der Waals surface area contributed by atoms with Gasteiger partial charge < -0.3 is 18.6 Å². The zero-order valence-electron chi connectivity index (χ0n) is 13.7. The van der Waals surface area contributed by atoms with Crippen molar-refractivity contribution < 1.29 is 28.2 Å². The van der Waals surface area contributed by atoms with Crippen molar-refractivity contribution in [1.29, 1.82) is 0 Å². The van der Waals surface area contributed by atoms with Gasteiger partial charge in [-0.15, -0.1) is 6.58 Å². The van der Waals surface area contributed by atoms with Crippen molar-refractivity contribution in [3.05, 3.63) is 48.2 Å². The Kier molecular flexibility index (Phi) is 6.14. The molecule has 6 nitrogen and oxygen atoms in total. The predicted octanol–water partition coefficient (Wildman–Crippen LogP) is 3.24. The van der Waals surface area contributed by atoms with E-state index in [0.29, 0.717) is 16.5 Å². The molecule has 0 amide bonds. The van der Waals surface area contributed by atoms with Crippen LogP contribution in [-0.2, 0) is 25.6 Å². The third-order valence-corrected chi connectivity index (χ3v) is 3.31. The number of esters is 2. The molecule has 0 fully saturated rings. The van der Waals surface area contributed by atoms with Gasteiger partial charge in [0.15, 0.2) is 6.10 Å². The van der Waals surface area contributed by atoms with Gasteiger partial charge in [0.05, 0.1) is 18.8 Å². The van der Waals surface area contributed by atoms with Crippen molar-refractivity contribution in [2.24, 2.45) is 0 Å². The third-order valence-electron chi connectivity index (χ3n) is 3.31. The molecule has 0 bridgehead atoms. The van der Waals surface area contributed by atoms with Crippen molar-refractivity contribution in [2.75, 3.05) is 13.2 Å². The first-order chi connectivity index (χ1) is 11.6. The normalized spacial score (nSPS) is 11.9. The summed E-state index contributed by atoms with van der Waals surface area (Å²) in [6.45, 7) is 7.18. The van der Waals surface area contributed by atoms with E-state index in [-0.39, 0.29) is 25.6 Å². The van der Waals surface area contributed by atoms with E-state index in [1.54, 1.807) is 38.1 Å². The molecule has 1 aromatic heterocycles. The standard InChI is InChI=1S/C18H20O6/c1-4-10-22-12(3)17(19)23-11-14-13-8-6-7-9-15(13)24-16(14)18(20)21-5-2/h4,6-9,12H,1,5,10-11H2,2-3H3. The average Bonchev–Trinajstić information content (AvgIpc) is 2.96. The smallest absolute Gasteiger partial charge is 0.374 e. The van der Waals surface area contributed by atoms with Crippen molar-refractivity contribution >= 4 is 22.9 Å². The number of carbonyl (C=O) groups excluding carboxylic acids is 2. The Bertz CT molecular complexity index is 730. The van der Waals surface area contributed by atoms with Gasteiger partial charge in [0.25, 0.3) is 0 Å². The Hall–Kier alpha value is -2.60. The topological polar surface area (TPSA) is 75.0 Å². The van der Waals surface area contributed by atoms with Crippen molar-refractivity contribution in [3.8, 4) is 0 Å². The van der Waals surface area contributed by atoms with E-state index in [1.807, 2.05) is 6.07 Å². The summed E-state index contributed by atoms with van der Waals surface area (Å²) in [4.78, 5) is 24.0. The number of furan rings is 1. The fraction of sp³-hybridized carbons (Fsp3) is 0.333. The van der Waals surface area contributed by atoms with Crippen LogP contribution in [0.15, 0.2) is 41.3 Å². The van der Waals surface area contributed by atoms with E-state index in [1.165, 1.54) is 0 Å². The summed E-state index contributed by atoms with van der Waals surface area (Å²) in [5.41, 5.74) is 1.01. The Labute approximate surface area is 140 Å². The van der Waals surface area contributed by atoms with Crippen molar-refractivity contribution in [2.45, 2.75) is 26.6 Å². The minimum Gasteiger partial charge on any atom is -0.460 e. The van der Waals surface area contributed by atoms with Crippen LogP contribution in [0.25, 0.3) is 11.0 Å². The summed E-state index contributed by atoms with van der Waals surface area (Å²) in [5.74, 6) is -1.07. The summed E-state index contributed by atoms with van der Waals surface area (Å²) in [6.07, 6.45) is 0.818. The van der Waals surface area contributed by atoms with Crippen LogP contribution in [0.5, 0.6) is 0 Å². The molecule has 6 heteroatoms. The molecule has 0 N–H and O–H groups in total. The van der Waals surface area contributed by atoms with Gasteiger partial charge in [-0.1, -0.05) is 24.3 Å². The van der Waals surface area contributed by atoms with E-state index >= 15 is 0 Å². The SMILES string of the molecule is C=CCOC(C)C(=O)OCc1c(C(=O)OCC)oc2ccccc12. The molecule has 0 radical (unpaired) electrons. The summed E-state index contributed by atoms with van der Waals surface area (Å²) in [6, 6.07) is 7.14. The number of carbonyl (C=O) groups is 2. The van der Waals surface area contributed by atoms with Gasteiger partial charge in [0.1, 0.15) is 12.2 Å². The second kappa shape index (κ2) is 8.31. The fourth-order valence-electron chi connectivity index (χ4n) is 2.14. The van der Waals surface area contributed by atoms with Crippen LogP contribution in [0, 0.1) is 0 Å².